The number of anilines is 1. The molecule has 0 heterocycles. The highest BCUT2D eigenvalue weighted by Gasteiger charge is 2.06. The Morgan fingerprint density at radius 2 is 1.61 bits per heavy atom. The van der Waals surface area contributed by atoms with Crippen molar-refractivity contribution in [2.24, 2.45) is 5.10 Å². The van der Waals surface area contributed by atoms with Gasteiger partial charge in [0.15, 0.2) is 0 Å². The molecule has 0 fully saturated rings. The molecule has 1 aromatic rings. The van der Waals surface area contributed by atoms with Crippen LogP contribution in [0.5, 0.6) is 0 Å². The second-order valence-electron chi connectivity index (χ2n) is 4.20. The van der Waals surface area contributed by atoms with Gasteiger partial charge in [0.25, 0.3) is 0 Å². The van der Waals surface area contributed by atoms with Crippen molar-refractivity contribution in [1.29, 1.82) is 5.41 Å². The highest BCUT2D eigenvalue weighted by Crippen LogP contribution is 2.25. The molecule has 0 radical (unpaired) electrons. The number of hydrazone groups is 1. The maximum absolute atomic E-state index is 6.90. The Hall–Kier alpha value is -1.68. The van der Waals surface area contributed by atoms with Gasteiger partial charge in [-0.25, -0.2) is 0 Å². The third-order valence-electron chi connectivity index (χ3n) is 2.27. The first-order chi connectivity index (χ1) is 8.47. The first-order valence-corrected chi connectivity index (χ1v) is 5.91. The van der Waals surface area contributed by atoms with Gasteiger partial charge in [-0.3, -0.25) is 5.01 Å². The monoisotopic (exact) mass is 248 g/mol. The molecule has 4 heteroatoms. The van der Waals surface area contributed by atoms with Gasteiger partial charge in [-0.15, -0.1) is 0 Å². The Morgan fingerprint density at radius 1 is 1.17 bits per heavy atom. The normalized spacial score (nSPS) is 9.89. The summed E-state index contributed by atoms with van der Waals surface area (Å²) >= 11 is 0. The van der Waals surface area contributed by atoms with Crippen molar-refractivity contribution in [1.82, 2.24) is 5.32 Å². The lowest BCUT2D eigenvalue weighted by atomic mass is 10.1. The van der Waals surface area contributed by atoms with Crippen LogP contribution in [0.25, 0.3) is 0 Å². The van der Waals surface area contributed by atoms with Crippen LogP contribution < -0.4 is 10.3 Å². The van der Waals surface area contributed by atoms with Crippen LogP contribution in [-0.4, -0.2) is 33.6 Å². The van der Waals surface area contributed by atoms with E-state index in [1.54, 1.807) is 5.01 Å². The van der Waals surface area contributed by atoms with Gasteiger partial charge in [0, 0.05) is 13.3 Å². The second kappa shape index (κ2) is 8.42. The maximum Gasteiger partial charge on any atom is 0.0650 e. The van der Waals surface area contributed by atoms with Crippen LogP contribution in [-0.2, 0) is 0 Å². The molecule has 0 saturated heterocycles. The molecule has 0 atom stereocenters. The molecule has 2 N–H and O–H groups in total. The fourth-order valence-electron chi connectivity index (χ4n) is 1.87. The first-order valence-electron chi connectivity index (χ1n) is 5.91. The smallest absolute Gasteiger partial charge is 0.0650 e. The van der Waals surface area contributed by atoms with Gasteiger partial charge >= 0.3 is 0 Å². The summed E-state index contributed by atoms with van der Waals surface area (Å²) in [6.45, 7) is 6.24. The van der Waals surface area contributed by atoms with Crippen LogP contribution in [0.15, 0.2) is 17.2 Å². The Labute approximate surface area is 110 Å². The minimum absolute atomic E-state index is 1.11. The molecule has 18 heavy (non-hydrogen) atoms. The molecule has 0 spiro atoms. The zero-order chi connectivity index (χ0) is 14.1. The molecular weight excluding hydrogens is 224 g/mol. The van der Waals surface area contributed by atoms with E-state index in [2.05, 4.69) is 43.3 Å². The largest absolute Gasteiger partial charge is 0.323 e. The van der Waals surface area contributed by atoms with E-state index in [0.717, 1.165) is 5.69 Å². The number of nitrogens with one attached hydrogen (secondary N) is 2. The molecule has 0 aliphatic carbocycles. The summed E-state index contributed by atoms with van der Waals surface area (Å²) in [6, 6.07) is 4.28. The third-order valence-corrected chi connectivity index (χ3v) is 2.27. The van der Waals surface area contributed by atoms with Crippen LogP contribution >= 0.6 is 0 Å². The highest BCUT2D eigenvalue weighted by atomic mass is 15.4. The lowest BCUT2D eigenvalue weighted by Crippen LogP contribution is -2.12. The molecule has 0 aromatic heterocycles. The van der Waals surface area contributed by atoms with Crippen molar-refractivity contribution in [3.8, 4) is 0 Å². The van der Waals surface area contributed by atoms with Gasteiger partial charge in [0.1, 0.15) is 0 Å². The SMILES string of the molecule is CNC.Cc1cc(C)c(N(C)/N=C\C=N)c(C)c1. The zero-order valence-electron chi connectivity index (χ0n) is 12.2. The quantitative estimate of drug-likeness (QED) is 0.638. The van der Waals surface area contributed by atoms with Crippen LogP contribution in [0.4, 0.5) is 5.69 Å². The van der Waals surface area contributed by atoms with E-state index in [1.807, 2.05) is 21.1 Å². The minimum atomic E-state index is 1.11. The second-order valence-corrected chi connectivity index (χ2v) is 4.20. The lowest BCUT2D eigenvalue weighted by Gasteiger charge is -2.18. The summed E-state index contributed by atoms with van der Waals surface area (Å²) in [4.78, 5) is 0. The standard InChI is InChI=1S/C12H17N3.C2H7N/c1-9-7-10(2)12(11(3)8-9)15(4)14-6-5-13;1-3-2/h5-8,13H,1-4H3;3H,1-2H3/b13-5?,14-6-;. The van der Waals surface area contributed by atoms with Crippen molar-refractivity contribution in [3.05, 3.63) is 28.8 Å². The Balaban J connectivity index is 0.000000873. The molecule has 0 bridgehead atoms. The molecular formula is C14H24N4. The number of hydrogen-bond donors (Lipinski definition) is 2. The summed E-state index contributed by atoms with van der Waals surface area (Å²) in [5.41, 5.74) is 4.78. The van der Waals surface area contributed by atoms with E-state index in [4.69, 9.17) is 5.41 Å². The third kappa shape index (κ3) is 5.10. The molecule has 100 valence electrons. The van der Waals surface area contributed by atoms with Crippen molar-refractivity contribution >= 4 is 18.1 Å². The summed E-state index contributed by atoms with van der Waals surface area (Å²) in [6.07, 6.45) is 2.65. The van der Waals surface area contributed by atoms with Crippen molar-refractivity contribution in [2.45, 2.75) is 20.8 Å². The van der Waals surface area contributed by atoms with E-state index in [0.29, 0.717) is 0 Å². The number of nitrogens with zero attached hydrogens (tertiary/aromatic N) is 2. The number of hydrogen-bond acceptors (Lipinski definition) is 4. The first kappa shape index (κ1) is 16.3. The Morgan fingerprint density at radius 3 is 2.00 bits per heavy atom. The molecule has 0 amide bonds. The van der Waals surface area contributed by atoms with E-state index in [1.165, 1.54) is 29.1 Å². The van der Waals surface area contributed by atoms with E-state index >= 15 is 0 Å². The van der Waals surface area contributed by atoms with Crippen LogP contribution in [0, 0.1) is 26.2 Å². The summed E-state index contributed by atoms with van der Waals surface area (Å²) < 4.78 is 0. The molecule has 1 aromatic carbocycles. The van der Waals surface area contributed by atoms with E-state index in [9.17, 15) is 0 Å². The van der Waals surface area contributed by atoms with Gasteiger partial charge in [-0.2, -0.15) is 5.10 Å². The van der Waals surface area contributed by atoms with Gasteiger partial charge in [0.2, 0.25) is 0 Å². The van der Waals surface area contributed by atoms with Crippen LogP contribution in [0.2, 0.25) is 0 Å². The molecule has 0 saturated carbocycles. The zero-order valence-corrected chi connectivity index (χ0v) is 12.2. The predicted octanol–water partition coefficient (Wildman–Crippen LogP) is 2.52. The van der Waals surface area contributed by atoms with Crippen molar-refractivity contribution in [3.63, 3.8) is 0 Å². The van der Waals surface area contributed by atoms with Crippen molar-refractivity contribution < 1.29 is 0 Å². The average molecular weight is 248 g/mol. The molecule has 0 unspecified atom stereocenters. The predicted molar refractivity (Wildman–Crippen MR) is 81.3 cm³/mol. The Bertz CT molecular complexity index is 387. The van der Waals surface area contributed by atoms with Gasteiger partial charge < -0.3 is 10.7 Å². The fourth-order valence-corrected chi connectivity index (χ4v) is 1.87. The Kier molecular flexibility index (Phi) is 7.63. The summed E-state index contributed by atoms with van der Waals surface area (Å²) in [7, 11) is 5.64. The molecule has 0 aliphatic heterocycles. The van der Waals surface area contributed by atoms with Crippen LogP contribution in [0.3, 0.4) is 0 Å². The summed E-state index contributed by atoms with van der Waals surface area (Å²) in [5.74, 6) is 0. The van der Waals surface area contributed by atoms with Gasteiger partial charge in [-0.1, -0.05) is 17.7 Å². The molecule has 0 aliphatic rings. The highest BCUT2D eigenvalue weighted by molar-refractivity contribution is 6.14. The maximum atomic E-state index is 6.90. The molecule has 4 nitrogen and oxygen atoms in total. The summed E-state index contributed by atoms with van der Waals surface area (Å²) in [5, 5.41) is 15.6. The average Bonchev–Trinajstić information content (AvgIpc) is 2.26. The lowest BCUT2D eigenvalue weighted by molar-refractivity contribution is 1.00. The van der Waals surface area contributed by atoms with Gasteiger partial charge in [-0.05, 0) is 46.0 Å². The number of benzene rings is 1. The molecule has 1 rings (SSSR count). The fraction of sp³-hybridized carbons (Fsp3) is 0.429. The number of aryl methyl sites for hydroxylation is 3. The van der Waals surface area contributed by atoms with E-state index in [-0.39, 0.29) is 0 Å². The minimum Gasteiger partial charge on any atom is -0.323 e. The van der Waals surface area contributed by atoms with E-state index < -0.39 is 0 Å². The topological polar surface area (TPSA) is 51.5 Å². The van der Waals surface area contributed by atoms with Crippen molar-refractivity contribution in [2.75, 3.05) is 26.2 Å². The van der Waals surface area contributed by atoms with Crippen LogP contribution in [0.1, 0.15) is 16.7 Å². The van der Waals surface area contributed by atoms with Gasteiger partial charge in [0.05, 0.1) is 11.9 Å². The number of rotatable bonds is 3.